The first-order chi connectivity index (χ1) is 12.6. The molecule has 1 saturated carbocycles. The van der Waals surface area contributed by atoms with Gasteiger partial charge < -0.3 is 15.2 Å². The zero-order valence-electron chi connectivity index (χ0n) is 16.8. The predicted molar refractivity (Wildman–Crippen MR) is 119 cm³/mol. The van der Waals surface area contributed by atoms with E-state index in [1.165, 1.54) is 19.4 Å². The summed E-state index contributed by atoms with van der Waals surface area (Å²) in [5, 5.41) is 15.6. The molecule has 4 rings (SSSR count). The molecule has 8 heteroatoms. The van der Waals surface area contributed by atoms with Crippen molar-refractivity contribution in [2.24, 2.45) is 16.8 Å². The molecule has 3 unspecified atom stereocenters. The molecular formula is C19H34IN7. The maximum absolute atomic E-state index is 4.93. The molecule has 0 spiro atoms. The van der Waals surface area contributed by atoms with Crippen LogP contribution in [0.1, 0.15) is 44.8 Å². The minimum Gasteiger partial charge on any atom is -0.357 e. The molecule has 1 aromatic heterocycles. The number of guanidine groups is 1. The van der Waals surface area contributed by atoms with Gasteiger partial charge >= 0.3 is 0 Å². The van der Waals surface area contributed by atoms with Crippen molar-refractivity contribution in [2.75, 3.05) is 26.2 Å². The van der Waals surface area contributed by atoms with Crippen molar-refractivity contribution in [1.82, 2.24) is 30.3 Å². The van der Waals surface area contributed by atoms with Crippen LogP contribution in [-0.4, -0.2) is 63.9 Å². The molecule has 3 aliphatic rings. The van der Waals surface area contributed by atoms with E-state index in [0.29, 0.717) is 17.9 Å². The third-order valence-electron chi connectivity index (χ3n) is 6.11. The average Bonchev–Trinajstić information content (AvgIpc) is 3.34. The fourth-order valence-corrected chi connectivity index (χ4v) is 4.33. The van der Waals surface area contributed by atoms with Crippen molar-refractivity contribution in [3.05, 3.63) is 11.6 Å². The van der Waals surface area contributed by atoms with Crippen LogP contribution in [0.3, 0.4) is 0 Å². The van der Waals surface area contributed by atoms with E-state index in [1.54, 1.807) is 0 Å². The molecule has 3 atom stereocenters. The molecular weight excluding hydrogens is 453 g/mol. The third-order valence-corrected chi connectivity index (χ3v) is 6.11. The number of aromatic nitrogens is 3. The Morgan fingerprint density at radius 3 is 2.74 bits per heavy atom. The van der Waals surface area contributed by atoms with Crippen LogP contribution in [0.25, 0.3) is 0 Å². The van der Waals surface area contributed by atoms with Gasteiger partial charge in [0, 0.05) is 51.2 Å². The summed E-state index contributed by atoms with van der Waals surface area (Å²) in [6, 6.07) is 1.36. The molecule has 0 aromatic carbocycles. The topological polar surface area (TPSA) is 70.4 Å². The molecule has 1 saturated heterocycles. The number of aliphatic imine (C=N–C) groups is 1. The SMILES string of the molecule is CCNC(=NCC1CCc2nnc(C)n2C1)NC1CN(C2CC2)CC1C.I. The lowest BCUT2D eigenvalue weighted by Crippen LogP contribution is -2.47. The van der Waals surface area contributed by atoms with Crippen molar-refractivity contribution < 1.29 is 0 Å². The van der Waals surface area contributed by atoms with Crippen LogP contribution in [0.15, 0.2) is 4.99 Å². The molecule has 1 aliphatic carbocycles. The zero-order valence-corrected chi connectivity index (χ0v) is 19.1. The average molecular weight is 487 g/mol. The Labute approximate surface area is 179 Å². The van der Waals surface area contributed by atoms with Gasteiger partial charge in [0.1, 0.15) is 11.6 Å². The van der Waals surface area contributed by atoms with Crippen LogP contribution in [0.5, 0.6) is 0 Å². The molecule has 0 amide bonds. The molecule has 1 aromatic rings. The maximum Gasteiger partial charge on any atom is 0.191 e. The molecule has 3 heterocycles. The van der Waals surface area contributed by atoms with Crippen molar-refractivity contribution in [3.63, 3.8) is 0 Å². The molecule has 2 aliphatic heterocycles. The van der Waals surface area contributed by atoms with Gasteiger partial charge in [-0.1, -0.05) is 6.92 Å². The number of nitrogens with one attached hydrogen (secondary N) is 2. The standard InChI is InChI=1S/C19H33N7.HI/c1-4-20-19(22-17-12-25(10-13(17)2)16-6-7-16)21-9-15-5-8-18-24-23-14(3)26(18)11-15;/h13,15-17H,4-12H2,1-3H3,(H2,20,21,22);1H. The summed E-state index contributed by atoms with van der Waals surface area (Å²) < 4.78 is 2.26. The molecule has 2 N–H and O–H groups in total. The Bertz CT molecular complexity index is 654. The molecule has 152 valence electrons. The molecule has 0 radical (unpaired) electrons. The lowest BCUT2D eigenvalue weighted by molar-refractivity contribution is 0.315. The summed E-state index contributed by atoms with van der Waals surface area (Å²) in [6.07, 6.45) is 4.94. The van der Waals surface area contributed by atoms with E-state index in [-0.39, 0.29) is 24.0 Å². The second-order valence-electron chi connectivity index (χ2n) is 8.31. The number of nitrogens with zero attached hydrogens (tertiary/aromatic N) is 5. The fourth-order valence-electron chi connectivity index (χ4n) is 4.33. The lowest BCUT2D eigenvalue weighted by atomic mass is 9.99. The highest BCUT2D eigenvalue weighted by atomic mass is 127. The first kappa shape index (κ1) is 20.8. The molecule has 0 bridgehead atoms. The first-order valence-electron chi connectivity index (χ1n) is 10.3. The summed E-state index contributed by atoms with van der Waals surface area (Å²) in [4.78, 5) is 7.59. The first-order valence-corrected chi connectivity index (χ1v) is 10.3. The minimum atomic E-state index is 0. The van der Waals surface area contributed by atoms with Gasteiger partial charge in [-0.15, -0.1) is 34.2 Å². The highest BCUT2D eigenvalue weighted by Gasteiger charge is 2.38. The number of likely N-dealkylation sites (tertiary alicyclic amines) is 1. The summed E-state index contributed by atoms with van der Waals surface area (Å²) in [6.45, 7) is 11.7. The smallest absolute Gasteiger partial charge is 0.191 e. The highest BCUT2D eigenvalue weighted by molar-refractivity contribution is 14.0. The Hall–Kier alpha value is -0.900. The molecule has 2 fully saturated rings. The van der Waals surface area contributed by atoms with Gasteiger partial charge in [0.15, 0.2) is 5.96 Å². The van der Waals surface area contributed by atoms with E-state index in [1.807, 2.05) is 6.92 Å². The van der Waals surface area contributed by atoms with Gasteiger partial charge in [0.05, 0.1) is 0 Å². The van der Waals surface area contributed by atoms with Crippen molar-refractivity contribution in [1.29, 1.82) is 0 Å². The Morgan fingerprint density at radius 2 is 2.00 bits per heavy atom. The number of halogens is 1. The Kier molecular flexibility index (Phi) is 6.99. The number of hydrogen-bond donors (Lipinski definition) is 2. The zero-order chi connectivity index (χ0) is 18.1. The number of aryl methyl sites for hydroxylation is 2. The molecule has 7 nitrogen and oxygen atoms in total. The highest BCUT2D eigenvalue weighted by Crippen LogP contribution is 2.31. The second-order valence-corrected chi connectivity index (χ2v) is 8.31. The summed E-state index contributed by atoms with van der Waals surface area (Å²) in [7, 11) is 0. The third kappa shape index (κ3) is 4.93. The number of rotatable bonds is 5. The number of fused-ring (bicyclic) bond motifs is 1. The van der Waals surface area contributed by atoms with E-state index in [2.05, 4.69) is 44.1 Å². The van der Waals surface area contributed by atoms with Crippen LogP contribution < -0.4 is 10.6 Å². The lowest BCUT2D eigenvalue weighted by Gasteiger charge is -2.24. The van der Waals surface area contributed by atoms with Gasteiger partial charge in [0.25, 0.3) is 0 Å². The van der Waals surface area contributed by atoms with Crippen LogP contribution in [0.4, 0.5) is 0 Å². The monoisotopic (exact) mass is 487 g/mol. The summed E-state index contributed by atoms with van der Waals surface area (Å²) in [5.41, 5.74) is 0. The van der Waals surface area contributed by atoms with Crippen molar-refractivity contribution in [2.45, 2.75) is 65.1 Å². The summed E-state index contributed by atoms with van der Waals surface area (Å²) in [5.74, 6) is 4.38. The van der Waals surface area contributed by atoms with E-state index < -0.39 is 0 Å². The fraction of sp³-hybridized carbons (Fsp3) is 0.842. The Morgan fingerprint density at radius 1 is 1.19 bits per heavy atom. The minimum absolute atomic E-state index is 0. The van der Waals surface area contributed by atoms with Crippen LogP contribution in [0.2, 0.25) is 0 Å². The second kappa shape index (κ2) is 9.07. The van der Waals surface area contributed by atoms with E-state index >= 15 is 0 Å². The van der Waals surface area contributed by atoms with Gasteiger partial charge in [0.2, 0.25) is 0 Å². The quantitative estimate of drug-likeness (QED) is 0.377. The van der Waals surface area contributed by atoms with E-state index in [9.17, 15) is 0 Å². The largest absolute Gasteiger partial charge is 0.357 e. The number of hydrogen-bond acceptors (Lipinski definition) is 4. The van der Waals surface area contributed by atoms with Gasteiger partial charge in [-0.25, -0.2) is 0 Å². The Balaban J connectivity index is 0.00000210. The van der Waals surface area contributed by atoms with Crippen molar-refractivity contribution in [3.8, 4) is 0 Å². The van der Waals surface area contributed by atoms with Crippen LogP contribution in [-0.2, 0) is 13.0 Å². The van der Waals surface area contributed by atoms with Gasteiger partial charge in [-0.2, -0.15) is 0 Å². The predicted octanol–water partition coefficient (Wildman–Crippen LogP) is 1.80. The van der Waals surface area contributed by atoms with E-state index in [0.717, 1.165) is 62.7 Å². The molecule has 27 heavy (non-hydrogen) atoms. The maximum atomic E-state index is 4.93. The summed E-state index contributed by atoms with van der Waals surface area (Å²) >= 11 is 0. The van der Waals surface area contributed by atoms with E-state index in [4.69, 9.17) is 4.99 Å². The van der Waals surface area contributed by atoms with Crippen LogP contribution >= 0.6 is 24.0 Å². The van der Waals surface area contributed by atoms with Crippen LogP contribution in [0, 0.1) is 18.8 Å². The van der Waals surface area contributed by atoms with Crippen molar-refractivity contribution >= 4 is 29.9 Å². The normalized spacial score (nSPS) is 28.6. The van der Waals surface area contributed by atoms with Gasteiger partial charge in [-0.05, 0) is 44.9 Å². The van der Waals surface area contributed by atoms with Gasteiger partial charge in [-0.3, -0.25) is 9.89 Å².